The summed E-state index contributed by atoms with van der Waals surface area (Å²) in [5.41, 5.74) is 0. The lowest BCUT2D eigenvalue weighted by molar-refractivity contribution is -0.167. The van der Waals surface area contributed by atoms with Crippen LogP contribution in [0.15, 0.2) is 85.1 Å². The summed E-state index contributed by atoms with van der Waals surface area (Å²) < 4.78 is 16.9. The predicted octanol–water partition coefficient (Wildman–Crippen LogP) is 22.3. The van der Waals surface area contributed by atoms with Crippen molar-refractivity contribution in [2.75, 3.05) is 13.2 Å². The van der Waals surface area contributed by atoms with Gasteiger partial charge in [0.1, 0.15) is 13.2 Å². The molecule has 0 rings (SSSR count). The summed E-state index contributed by atoms with van der Waals surface area (Å²) in [5.74, 6) is -0.927. The van der Waals surface area contributed by atoms with Crippen molar-refractivity contribution in [1.29, 1.82) is 0 Å². The summed E-state index contributed by atoms with van der Waals surface area (Å²) in [6.45, 7) is 6.46. The van der Waals surface area contributed by atoms with Crippen molar-refractivity contribution in [3.8, 4) is 0 Å². The lowest BCUT2D eigenvalue weighted by atomic mass is 10.0. The molecule has 6 nitrogen and oxygen atoms in total. The van der Waals surface area contributed by atoms with Crippen LogP contribution in [-0.4, -0.2) is 37.2 Å². The Morgan fingerprint density at radius 1 is 0.276 bits per heavy atom. The molecule has 0 aromatic carbocycles. The number of carbonyl (C=O) groups excluding carboxylic acids is 3. The minimum atomic E-state index is -0.800. The van der Waals surface area contributed by atoms with E-state index in [1.165, 1.54) is 154 Å². The van der Waals surface area contributed by atoms with Crippen LogP contribution in [0.2, 0.25) is 0 Å². The van der Waals surface area contributed by atoms with Crippen LogP contribution in [0.3, 0.4) is 0 Å². The number of allylic oxidation sites excluding steroid dienone is 14. The molecule has 0 aliphatic rings. The van der Waals surface area contributed by atoms with Gasteiger partial charge in [-0.15, -0.1) is 0 Å². The molecule has 0 fully saturated rings. The van der Waals surface area contributed by atoms with E-state index in [9.17, 15) is 14.4 Å². The van der Waals surface area contributed by atoms with Crippen molar-refractivity contribution >= 4 is 17.9 Å². The molecule has 0 aliphatic heterocycles. The molecule has 0 amide bonds. The fourth-order valence-corrected chi connectivity index (χ4v) is 9.27. The SMILES string of the molecule is CC/C=C\C/C=C\C/C=C\C/C=C\C/C=C\CCCCCC(=O)OC(COC(=O)CCCCCCC/C=C\C/C=C\CCC)COC(=O)CCCCCCCCCCCCCCCCCCCCCCCCCCCC. The van der Waals surface area contributed by atoms with E-state index >= 15 is 0 Å². The summed E-state index contributed by atoms with van der Waals surface area (Å²) >= 11 is 0. The Hall–Kier alpha value is -3.41. The first-order valence-corrected chi connectivity index (χ1v) is 32.6. The van der Waals surface area contributed by atoms with E-state index < -0.39 is 6.10 Å². The van der Waals surface area contributed by atoms with Gasteiger partial charge in [-0.2, -0.15) is 0 Å². The highest BCUT2D eigenvalue weighted by molar-refractivity contribution is 5.71. The number of esters is 3. The number of hydrogen-bond donors (Lipinski definition) is 0. The predicted molar refractivity (Wildman–Crippen MR) is 330 cm³/mol. The molecule has 0 spiro atoms. The summed E-state index contributed by atoms with van der Waals surface area (Å²) in [5, 5.41) is 0. The number of rotatable bonds is 59. The molecule has 0 aliphatic carbocycles. The zero-order valence-electron chi connectivity index (χ0n) is 50.3. The van der Waals surface area contributed by atoms with Gasteiger partial charge >= 0.3 is 17.9 Å². The van der Waals surface area contributed by atoms with Crippen LogP contribution in [0.1, 0.15) is 323 Å². The average molecular weight is 1060 g/mol. The molecule has 0 aromatic rings. The highest BCUT2D eigenvalue weighted by Gasteiger charge is 2.19. The zero-order valence-corrected chi connectivity index (χ0v) is 50.3. The molecule has 0 saturated carbocycles. The topological polar surface area (TPSA) is 78.9 Å². The highest BCUT2D eigenvalue weighted by Crippen LogP contribution is 2.17. The molecule has 76 heavy (non-hydrogen) atoms. The third-order valence-corrected chi connectivity index (χ3v) is 14.1. The van der Waals surface area contributed by atoms with E-state index in [0.717, 1.165) is 128 Å². The Morgan fingerprint density at radius 2 is 0.539 bits per heavy atom. The molecule has 6 heteroatoms. The van der Waals surface area contributed by atoms with E-state index in [2.05, 4.69) is 106 Å². The summed E-state index contributed by atoms with van der Waals surface area (Å²) in [4.78, 5) is 38.3. The van der Waals surface area contributed by atoms with Gasteiger partial charge in [0, 0.05) is 19.3 Å². The average Bonchev–Trinajstić information content (AvgIpc) is 3.42. The van der Waals surface area contributed by atoms with Crippen LogP contribution in [0.4, 0.5) is 0 Å². The number of carbonyl (C=O) groups is 3. The maximum Gasteiger partial charge on any atom is 0.306 e. The van der Waals surface area contributed by atoms with Gasteiger partial charge in [-0.3, -0.25) is 14.4 Å². The van der Waals surface area contributed by atoms with Gasteiger partial charge in [0.15, 0.2) is 6.10 Å². The Kier molecular flexibility index (Phi) is 61.2. The van der Waals surface area contributed by atoms with E-state index in [4.69, 9.17) is 14.2 Å². The third kappa shape index (κ3) is 61.4. The van der Waals surface area contributed by atoms with Crippen molar-refractivity contribution in [1.82, 2.24) is 0 Å². The Morgan fingerprint density at radius 3 is 0.868 bits per heavy atom. The molecule has 438 valence electrons. The molecule has 0 N–H and O–H groups in total. The molecule has 0 aromatic heterocycles. The Bertz CT molecular complexity index is 1450. The largest absolute Gasteiger partial charge is 0.462 e. The minimum Gasteiger partial charge on any atom is -0.462 e. The molecular formula is C70H122O6. The zero-order chi connectivity index (χ0) is 55.0. The second kappa shape index (κ2) is 64.1. The van der Waals surface area contributed by atoms with Crippen molar-refractivity contribution in [3.63, 3.8) is 0 Å². The van der Waals surface area contributed by atoms with E-state index in [-0.39, 0.29) is 37.5 Å². The molecule has 0 radical (unpaired) electrons. The molecule has 0 saturated heterocycles. The molecular weight excluding hydrogens is 937 g/mol. The van der Waals surface area contributed by atoms with E-state index in [0.29, 0.717) is 12.8 Å². The van der Waals surface area contributed by atoms with E-state index in [1.807, 2.05) is 0 Å². The minimum absolute atomic E-state index is 0.0924. The second-order valence-electron chi connectivity index (χ2n) is 21.6. The van der Waals surface area contributed by atoms with Crippen molar-refractivity contribution in [2.45, 2.75) is 329 Å². The first-order chi connectivity index (χ1) is 37.5. The number of hydrogen-bond acceptors (Lipinski definition) is 6. The smallest absolute Gasteiger partial charge is 0.306 e. The standard InChI is InChI=1S/C70H122O6/c1-4-7-10-13-16-19-22-25-27-29-31-32-33-34-35-36-37-39-40-42-45-48-51-54-57-60-63-69(72)75-66-67(65-74-68(71)62-59-56-53-50-47-44-24-21-18-15-12-9-6-3)76-70(73)64-61-58-55-52-49-46-43-41-38-30-28-26-23-20-17-14-11-8-5-2/h8,11-12,15,17,20-21,24,26,28,38,41,46,49,67H,4-7,9-10,13-14,16,18-19,22-23,25,27,29-37,39-40,42-45,47-48,50-66H2,1-3H3/b11-8-,15-12-,20-17-,24-21-,28-26-,41-38-,49-46-. The van der Waals surface area contributed by atoms with Crippen LogP contribution in [0, 0.1) is 0 Å². The second-order valence-corrected chi connectivity index (χ2v) is 21.6. The summed E-state index contributed by atoms with van der Waals surface area (Å²) in [6, 6.07) is 0. The maximum absolute atomic E-state index is 12.9. The Labute approximate surface area is 471 Å². The van der Waals surface area contributed by atoms with Crippen LogP contribution in [0.25, 0.3) is 0 Å². The van der Waals surface area contributed by atoms with Crippen molar-refractivity contribution in [3.05, 3.63) is 85.1 Å². The molecule has 0 heterocycles. The maximum atomic E-state index is 12.9. The van der Waals surface area contributed by atoms with Gasteiger partial charge in [-0.05, 0) is 89.9 Å². The van der Waals surface area contributed by atoms with Gasteiger partial charge in [0.05, 0.1) is 0 Å². The molecule has 1 unspecified atom stereocenters. The number of unbranched alkanes of at least 4 members (excludes halogenated alkanes) is 34. The van der Waals surface area contributed by atoms with Crippen LogP contribution < -0.4 is 0 Å². The van der Waals surface area contributed by atoms with Gasteiger partial charge in [-0.25, -0.2) is 0 Å². The monoisotopic (exact) mass is 1060 g/mol. The van der Waals surface area contributed by atoms with Gasteiger partial charge in [-0.1, -0.05) is 298 Å². The summed E-state index contributed by atoms with van der Waals surface area (Å²) in [6.07, 6.45) is 84.6. The highest BCUT2D eigenvalue weighted by atomic mass is 16.6. The quantitative estimate of drug-likeness (QED) is 0.0261. The molecule has 1 atom stereocenters. The van der Waals surface area contributed by atoms with Crippen LogP contribution in [0.5, 0.6) is 0 Å². The normalized spacial score (nSPS) is 12.6. The van der Waals surface area contributed by atoms with Crippen LogP contribution in [-0.2, 0) is 28.6 Å². The third-order valence-electron chi connectivity index (χ3n) is 14.1. The first kappa shape index (κ1) is 72.6. The van der Waals surface area contributed by atoms with Gasteiger partial charge in [0.2, 0.25) is 0 Å². The van der Waals surface area contributed by atoms with Crippen LogP contribution >= 0.6 is 0 Å². The Balaban J connectivity index is 4.30. The first-order valence-electron chi connectivity index (χ1n) is 32.6. The van der Waals surface area contributed by atoms with Crippen molar-refractivity contribution < 1.29 is 28.6 Å². The summed E-state index contributed by atoms with van der Waals surface area (Å²) in [7, 11) is 0. The lowest BCUT2D eigenvalue weighted by Crippen LogP contribution is -2.30. The van der Waals surface area contributed by atoms with Gasteiger partial charge < -0.3 is 14.2 Å². The fraction of sp³-hybridized carbons (Fsp3) is 0.757. The van der Waals surface area contributed by atoms with Gasteiger partial charge in [0.25, 0.3) is 0 Å². The van der Waals surface area contributed by atoms with E-state index in [1.54, 1.807) is 0 Å². The van der Waals surface area contributed by atoms with Crippen molar-refractivity contribution in [2.24, 2.45) is 0 Å². The molecule has 0 bridgehead atoms. The lowest BCUT2D eigenvalue weighted by Gasteiger charge is -2.18. The number of ether oxygens (including phenoxy) is 3. The fourth-order valence-electron chi connectivity index (χ4n) is 9.27.